The summed E-state index contributed by atoms with van der Waals surface area (Å²) in [6, 6.07) is 6.75. The fourth-order valence-electron chi connectivity index (χ4n) is 4.08. The molecule has 3 aliphatic rings. The molecule has 12 nitrogen and oxygen atoms in total. The molecule has 2 atom stereocenters. The smallest absolute Gasteiger partial charge is 0.433 e. The molecule has 1 spiro atoms. The van der Waals surface area contributed by atoms with E-state index in [0.717, 1.165) is 6.07 Å². The van der Waals surface area contributed by atoms with Gasteiger partial charge in [0.25, 0.3) is 0 Å². The number of aliphatic hydroxyl groups excluding tert-OH is 1. The van der Waals surface area contributed by atoms with Crippen LogP contribution in [0.3, 0.4) is 0 Å². The lowest BCUT2D eigenvalue weighted by molar-refractivity contribution is -0.402. The maximum atomic E-state index is 15.0. The zero-order valence-electron chi connectivity index (χ0n) is 17.3. The number of nitrogens with zero attached hydrogens (tertiary/aromatic N) is 4. The molecule has 1 saturated carbocycles. The summed E-state index contributed by atoms with van der Waals surface area (Å²) >= 11 is 0. The van der Waals surface area contributed by atoms with Gasteiger partial charge in [-0.2, -0.15) is 0 Å². The van der Waals surface area contributed by atoms with Crippen LogP contribution in [0.1, 0.15) is 17.0 Å². The number of ether oxygens (including phenoxy) is 1. The molecule has 33 heavy (non-hydrogen) atoms. The molecule has 3 fully saturated rings. The minimum Gasteiger partial charge on any atom is -0.438 e. The van der Waals surface area contributed by atoms with Crippen molar-refractivity contribution in [3.63, 3.8) is 0 Å². The highest BCUT2D eigenvalue weighted by molar-refractivity contribution is 5.92. The number of carbonyl (C=O) groups is 2. The van der Waals surface area contributed by atoms with Gasteiger partial charge in [-0.1, -0.05) is 0 Å². The van der Waals surface area contributed by atoms with Crippen molar-refractivity contribution in [2.45, 2.75) is 18.1 Å². The van der Waals surface area contributed by atoms with Gasteiger partial charge in [0, 0.05) is 26.1 Å². The van der Waals surface area contributed by atoms with Crippen molar-refractivity contribution < 1.29 is 33.2 Å². The van der Waals surface area contributed by atoms with E-state index < -0.39 is 40.3 Å². The fourth-order valence-corrected chi connectivity index (χ4v) is 4.08. The van der Waals surface area contributed by atoms with E-state index in [9.17, 15) is 29.2 Å². The Morgan fingerprint density at radius 1 is 1.27 bits per heavy atom. The van der Waals surface area contributed by atoms with Gasteiger partial charge in [0.15, 0.2) is 5.60 Å². The molecular formula is C20H20FN5O7. The van der Waals surface area contributed by atoms with Crippen LogP contribution in [-0.4, -0.2) is 71.5 Å². The zero-order valence-corrected chi connectivity index (χ0v) is 17.3. The molecule has 2 aromatic rings. The Bertz CT molecular complexity index is 1140. The van der Waals surface area contributed by atoms with Crippen LogP contribution in [0.2, 0.25) is 0 Å². The lowest BCUT2D eigenvalue weighted by Gasteiger charge is -2.24. The summed E-state index contributed by atoms with van der Waals surface area (Å²) in [4.78, 5) is 37.8. The van der Waals surface area contributed by atoms with E-state index in [2.05, 4.69) is 5.43 Å². The third kappa shape index (κ3) is 3.74. The first-order valence-corrected chi connectivity index (χ1v) is 10.3. The number of nitro groups is 1. The van der Waals surface area contributed by atoms with E-state index in [4.69, 9.17) is 9.15 Å². The van der Waals surface area contributed by atoms with Crippen molar-refractivity contribution in [3.8, 4) is 0 Å². The molecule has 3 heterocycles. The van der Waals surface area contributed by atoms with Crippen molar-refractivity contribution in [3.05, 3.63) is 52.0 Å². The summed E-state index contributed by atoms with van der Waals surface area (Å²) in [6.45, 7) is 1.34. The molecule has 2 N–H and O–H groups in total. The van der Waals surface area contributed by atoms with Gasteiger partial charge in [-0.15, -0.1) is 0 Å². The Labute approximate surface area is 186 Å². The molecule has 174 valence electrons. The van der Waals surface area contributed by atoms with Crippen molar-refractivity contribution in [1.29, 1.82) is 0 Å². The van der Waals surface area contributed by atoms with Gasteiger partial charge in [0.2, 0.25) is 5.76 Å². The molecule has 1 aromatic carbocycles. The summed E-state index contributed by atoms with van der Waals surface area (Å²) in [6.07, 6.45) is -0.944. The average molecular weight is 461 g/mol. The number of nitrogens with one attached hydrogen (secondary N) is 1. The Kier molecular flexibility index (Phi) is 4.94. The Morgan fingerprint density at radius 2 is 2.06 bits per heavy atom. The number of hydrogen-bond donors (Lipinski definition) is 2. The quantitative estimate of drug-likeness (QED) is 0.508. The first-order valence-electron chi connectivity index (χ1n) is 10.3. The molecule has 0 radical (unpaired) electrons. The number of halogens is 1. The SMILES string of the molecule is O=C(c1ccc([N+](=O)[O-])o1)N1CCN(c2ccc(N3C[C@]4(C[C@@H]4O)OC3=O)cc2F)CCN1. The van der Waals surface area contributed by atoms with Crippen LogP contribution in [0.5, 0.6) is 0 Å². The largest absolute Gasteiger partial charge is 0.438 e. The highest BCUT2D eigenvalue weighted by Crippen LogP contribution is 2.46. The molecule has 5 rings (SSSR count). The van der Waals surface area contributed by atoms with E-state index in [1.807, 2.05) is 0 Å². The summed E-state index contributed by atoms with van der Waals surface area (Å²) in [5.74, 6) is -1.81. The molecule has 1 aliphatic carbocycles. The van der Waals surface area contributed by atoms with Crippen molar-refractivity contribution in [1.82, 2.24) is 10.4 Å². The molecule has 2 saturated heterocycles. The highest BCUT2D eigenvalue weighted by atomic mass is 19.1. The summed E-state index contributed by atoms with van der Waals surface area (Å²) in [7, 11) is 0. The third-order valence-corrected chi connectivity index (χ3v) is 6.01. The first-order chi connectivity index (χ1) is 15.8. The Hall–Kier alpha value is -3.71. The number of benzene rings is 1. The summed E-state index contributed by atoms with van der Waals surface area (Å²) in [5, 5.41) is 21.7. The van der Waals surface area contributed by atoms with E-state index in [-0.39, 0.29) is 18.8 Å². The molecular weight excluding hydrogens is 441 g/mol. The van der Waals surface area contributed by atoms with Crippen LogP contribution in [0, 0.1) is 15.9 Å². The van der Waals surface area contributed by atoms with E-state index in [0.29, 0.717) is 37.4 Å². The predicted molar refractivity (Wildman–Crippen MR) is 110 cm³/mol. The maximum absolute atomic E-state index is 15.0. The van der Waals surface area contributed by atoms with Gasteiger partial charge in [-0.3, -0.25) is 24.8 Å². The summed E-state index contributed by atoms with van der Waals surface area (Å²) in [5.41, 5.74) is 2.67. The van der Waals surface area contributed by atoms with Gasteiger partial charge in [-0.05, 0) is 24.3 Å². The zero-order chi connectivity index (χ0) is 23.3. The second-order valence-corrected chi connectivity index (χ2v) is 8.12. The number of hydrogen-bond acceptors (Lipinski definition) is 9. The molecule has 0 bridgehead atoms. The van der Waals surface area contributed by atoms with E-state index in [1.165, 1.54) is 22.0 Å². The minimum absolute atomic E-state index is 0.168. The monoisotopic (exact) mass is 461 g/mol. The molecule has 2 aliphatic heterocycles. The summed E-state index contributed by atoms with van der Waals surface area (Å²) < 4.78 is 25.2. The standard InChI is InChI=1S/C20H20FN5O7/c21-13-9-12(24-11-20(10-16(20)27)33-19(24)29)1-2-14(13)23-6-5-22-25(8-7-23)18(28)15-3-4-17(32-15)26(30)31/h1-4,9,16,22,27H,5-8,10-11H2/t16-,20-/m0/s1. The Balaban J connectivity index is 1.26. The minimum atomic E-state index is -0.882. The van der Waals surface area contributed by atoms with Gasteiger partial charge >= 0.3 is 17.9 Å². The Morgan fingerprint density at radius 3 is 2.70 bits per heavy atom. The maximum Gasteiger partial charge on any atom is 0.433 e. The van der Waals surface area contributed by atoms with E-state index in [1.54, 1.807) is 17.0 Å². The second kappa shape index (κ2) is 7.71. The average Bonchev–Trinajstić information content (AvgIpc) is 3.07. The number of rotatable bonds is 4. The van der Waals surface area contributed by atoms with Gasteiger partial charge in [0.1, 0.15) is 10.7 Å². The second-order valence-electron chi connectivity index (χ2n) is 8.12. The van der Waals surface area contributed by atoms with Crippen LogP contribution >= 0.6 is 0 Å². The van der Waals surface area contributed by atoms with Crippen molar-refractivity contribution in [2.75, 3.05) is 42.5 Å². The lowest BCUT2D eigenvalue weighted by Crippen LogP contribution is -2.43. The van der Waals surface area contributed by atoms with E-state index >= 15 is 0 Å². The van der Waals surface area contributed by atoms with Crippen LogP contribution in [0.25, 0.3) is 0 Å². The lowest BCUT2D eigenvalue weighted by atomic mass is 10.2. The number of amides is 2. The first kappa shape index (κ1) is 21.2. The topological polar surface area (TPSA) is 142 Å². The van der Waals surface area contributed by atoms with Crippen LogP contribution in [0.15, 0.2) is 34.7 Å². The van der Waals surface area contributed by atoms with Crippen molar-refractivity contribution >= 4 is 29.3 Å². The molecule has 2 amide bonds. The number of anilines is 2. The van der Waals surface area contributed by atoms with Gasteiger partial charge in [0.05, 0.1) is 36.6 Å². The van der Waals surface area contributed by atoms with Crippen LogP contribution in [0.4, 0.5) is 26.4 Å². The molecule has 0 unspecified atom stereocenters. The predicted octanol–water partition coefficient (Wildman–Crippen LogP) is 1.25. The van der Waals surface area contributed by atoms with Crippen LogP contribution in [-0.2, 0) is 4.74 Å². The van der Waals surface area contributed by atoms with Crippen molar-refractivity contribution in [2.24, 2.45) is 0 Å². The molecule has 1 aromatic heterocycles. The fraction of sp³-hybridized carbons (Fsp3) is 0.400. The normalized spacial score (nSPS) is 24.7. The van der Waals surface area contributed by atoms with Gasteiger partial charge in [-0.25, -0.2) is 14.6 Å². The van der Waals surface area contributed by atoms with Crippen LogP contribution < -0.4 is 15.2 Å². The molecule has 13 heteroatoms. The number of aliphatic hydroxyl groups is 1. The number of carbonyl (C=O) groups excluding carboxylic acids is 2. The third-order valence-electron chi connectivity index (χ3n) is 6.01. The highest BCUT2D eigenvalue weighted by Gasteiger charge is 2.63. The number of furan rings is 1. The van der Waals surface area contributed by atoms with Gasteiger partial charge < -0.3 is 19.2 Å². The number of hydrazine groups is 1.